The third kappa shape index (κ3) is 3.00. The van der Waals surface area contributed by atoms with E-state index in [2.05, 4.69) is 6.07 Å². The number of nitriles is 1. The van der Waals surface area contributed by atoms with Gasteiger partial charge in [0, 0.05) is 10.9 Å². The van der Waals surface area contributed by atoms with E-state index in [1.807, 2.05) is 35.7 Å². The van der Waals surface area contributed by atoms with Crippen molar-refractivity contribution in [2.75, 3.05) is 0 Å². The summed E-state index contributed by atoms with van der Waals surface area (Å²) in [5, 5.41) is 11.9. The Bertz CT molecular complexity index is 821. The Balaban J connectivity index is 1.84. The zero-order valence-corrected chi connectivity index (χ0v) is 12.4. The molecule has 2 aromatic carbocycles. The molecule has 2 nitrogen and oxygen atoms in total. The van der Waals surface area contributed by atoms with Crippen LogP contribution in [0.1, 0.15) is 11.1 Å². The molecule has 1 heterocycles. The molecule has 0 saturated carbocycles. The SMILES string of the molecule is N#Cc1c(-c2ccccc2)csc1OCc1cccc(F)c1. The number of ether oxygens (including phenoxy) is 1. The third-order valence-electron chi connectivity index (χ3n) is 3.21. The van der Waals surface area contributed by atoms with Gasteiger partial charge in [-0.05, 0) is 23.3 Å². The van der Waals surface area contributed by atoms with Gasteiger partial charge in [-0.3, -0.25) is 0 Å². The number of benzene rings is 2. The molecule has 0 N–H and O–H groups in total. The van der Waals surface area contributed by atoms with E-state index in [0.717, 1.165) is 16.7 Å². The van der Waals surface area contributed by atoms with E-state index in [-0.39, 0.29) is 12.4 Å². The lowest BCUT2D eigenvalue weighted by Gasteiger charge is -2.05. The van der Waals surface area contributed by atoms with Gasteiger partial charge in [-0.15, -0.1) is 11.3 Å². The summed E-state index contributed by atoms with van der Waals surface area (Å²) in [6, 6.07) is 18.2. The minimum atomic E-state index is -0.294. The first kappa shape index (κ1) is 14.3. The van der Waals surface area contributed by atoms with Crippen LogP contribution in [0.3, 0.4) is 0 Å². The predicted octanol–water partition coefficient (Wildman–Crippen LogP) is 5.00. The van der Waals surface area contributed by atoms with Gasteiger partial charge in [0.15, 0.2) is 5.06 Å². The molecule has 22 heavy (non-hydrogen) atoms. The van der Waals surface area contributed by atoms with Crippen LogP contribution in [0.25, 0.3) is 11.1 Å². The molecule has 0 aliphatic heterocycles. The first-order valence-electron chi connectivity index (χ1n) is 6.72. The number of halogens is 1. The molecule has 0 aliphatic carbocycles. The number of thiophene rings is 1. The summed E-state index contributed by atoms with van der Waals surface area (Å²) in [4.78, 5) is 0. The van der Waals surface area contributed by atoms with Crippen molar-refractivity contribution in [3.63, 3.8) is 0 Å². The second-order valence-electron chi connectivity index (χ2n) is 4.71. The first-order valence-corrected chi connectivity index (χ1v) is 7.60. The average Bonchev–Trinajstić information content (AvgIpc) is 2.97. The Labute approximate surface area is 132 Å². The molecule has 108 valence electrons. The summed E-state index contributed by atoms with van der Waals surface area (Å²) >= 11 is 1.38. The van der Waals surface area contributed by atoms with E-state index in [4.69, 9.17) is 4.74 Å². The predicted molar refractivity (Wildman–Crippen MR) is 85.2 cm³/mol. The van der Waals surface area contributed by atoms with E-state index >= 15 is 0 Å². The molecule has 0 spiro atoms. The molecule has 0 saturated heterocycles. The molecule has 0 aliphatic rings. The van der Waals surface area contributed by atoms with Crippen molar-refractivity contribution in [2.45, 2.75) is 6.61 Å². The van der Waals surface area contributed by atoms with Crippen LogP contribution in [0.5, 0.6) is 5.06 Å². The Morgan fingerprint density at radius 2 is 1.91 bits per heavy atom. The standard InChI is InChI=1S/C18H12FNOS/c19-15-8-4-5-13(9-15)11-21-18-16(10-20)17(12-22-18)14-6-2-1-3-7-14/h1-9,12H,11H2. The van der Waals surface area contributed by atoms with Crippen molar-refractivity contribution in [1.29, 1.82) is 5.26 Å². The van der Waals surface area contributed by atoms with Crippen LogP contribution in [0, 0.1) is 17.1 Å². The molecule has 0 amide bonds. The van der Waals surface area contributed by atoms with Gasteiger partial charge in [0.1, 0.15) is 24.1 Å². The largest absolute Gasteiger partial charge is 0.478 e. The Morgan fingerprint density at radius 1 is 1.09 bits per heavy atom. The van der Waals surface area contributed by atoms with Gasteiger partial charge in [-0.1, -0.05) is 42.5 Å². The summed E-state index contributed by atoms with van der Waals surface area (Å²) in [5.41, 5.74) is 3.10. The van der Waals surface area contributed by atoms with E-state index in [1.165, 1.54) is 23.5 Å². The molecule has 3 rings (SSSR count). The molecule has 0 atom stereocenters. The topological polar surface area (TPSA) is 33.0 Å². The monoisotopic (exact) mass is 309 g/mol. The molecule has 0 radical (unpaired) electrons. The Morgan fingerprint density at radius 3 is 2.64 bits per heavy atom. The van der Waals surface area contributed by atoms with Gasteiger partial charge in [0.2, 0.25) is 0 Å². The van der Waals surface area contributed by atoms with E-state index in [9.17, 15) is 9.65 Å². The molecule has 0 bridgehead atoms. The molecule has 4 heteroatoms. The zero-order chi connectivity index (χ0) is 15.4. The van der Waals surface area contributed by atoms with E-state index < -0.39 is 0 Å². The molecule has 1 aromatic heterocycles. The van der Waals surface area contributed by atoms with E-state index in [1.54, 1.807) is 12.1 Å². The van der Waals surface area contributed by atoms with Crippen LogP contribution in [0.15, 0.2) is 60.0 Å². The van der Waals surface area contributed by atoms with Crippen molar-refractivity contribution in [3.05, 3.63) is 76.9 Å². The summed E-state index contributed by atoms with van der Waals surface area (Å²) in [7, 11) is 0. The summed E-state index contributed by atoms with van der Waals surface area (Å²) in [6.45, 7) is 0.237. The molecule has 3 aromatic rings. The highest BCUT2D eigenvalue weighted by atomic mass is 32.1. The fourth-order valence-corrected chi connectivity index (χ4v) is 3.04. The highest BCUT2D eigenvalue weighted by molar-refractivity contribution is 7.12. The lowest BCUT2D eigenvalue weighted by Crippen LogP contribution is -1.95. The number of hydrogen-bond acceptors (Lipinski definition) is 3. The van der Waals surface area contributed by atoms with Crippen LogP contribution in [0.4, 0.5) is 4.39 Å². The van der Waals surface area contributed by atoms with Crippen LogP contribution in [0.2, 0.25) is 0 Å². The second kappa shape index (κ2) is 6.42. The first-order chi connectivity index (χ1) is 10.8. The lowest BCUT2D eigenvalue weighted by molar-refractivity contribution is 0.314. The van der Waals surface area contributed by atoms with E-state index in [0.29, 0.717) is 10.6 Å². The van der Waals surface area contributed by atoms with Gasteiger partial charge in [-0.2, -0.15) is 5.26 Å². The van der Waals surface area contributed by atoms with Crippen molar-refractivity contribution in [2.24, 2.45) is 0 Å². The van der Waals surface area contributed by atoms with Gasteiger partial charge in [0.25, 0.3) is 0 Å². The molecule has 0 unspecified atom stereocenters. The van der Waals surface area contributed by atoms with Gasteiger partial charge < -0.3 is 4.74 Å². The van der Waals surface area contributed by atoms with Gasteiger partial charge in [-0.25, -0.2) is 4.39 Å². The second-order valence-corrected chi connectivity index (χ2v) is 5.55. The maximum absolute atomic E-state index is 13.2. The normalized spacial score (nSPS) is 10.2. The smallest absolute Gasteiger partial charge is 0.192 e. The fraction of sp³-hybridized carbons (Fsp3) is 0.0556. The fourth-order valence-electron chi connectivity index (χ4n) is 2.16. The van der Waals surface area contributed by atoms with Gasteiger partial charge in [0.05, 0.1) is 0 Å². The number of nitrogens with zero attached hydrogens (tertiary/aromatic N) is 1. The van der Waals surface area contributed by atoms with Crippen molar-refractivity contribution in [1.82, 2.24) is 0 Å². The Hall–Kier alpha value is -2.64. The summed E-state index contributed by atoms with van der Waals surface area (Å²) in [6.07, 6.45) is 0. The third-order valence-corrected chi connectivity index (χ3v) is 4.10. The highest BCUT2D eigenvalue weighted by Gasteiger charge is 2.14. The molecular formula is C18H12FNOS. The highest BCUT2D eigenvalue weighted by Crippen LogP contribution is 2.37. The number of hydrogen-bond donors (Lipinski definition) is 0. The zero-order valence-electron chi connectivity index (χ0n) is 11.6. The molecule has 0 fully saturated rings. The van der Waals surface area contributed by atoms with Crippen LogP contribution in [-0.4, -0.2) is 0 Å². The van der Waals surface area contributed by atoms with Crippen molar-refractivity contribution >= 4 is 11.3 Å². The minimum absolute atomic E-state index is 0.237. The van der Waals surface area contributed by atoms with Crippen LogP contribution in [-0.2, 0) is 6.61 Å². The minimum Gasteiger partial charge on any atom is -0.478 e. The maximum atomic E-state index is 13.2. The quantitative estimate of drug-likeness (QED) is 0.679. The molecular weight excluding hydrogens is 297 g/mol. The maximum Gasteiger partial charge on any atom is 0.192 e. The lowest BCUT2D eigenvalue weighted by atomic mass is 10.1. The average molecular weight is 309 g/mol. The van der Waals surface area contributed by atoms with Crippen molar-refractivity contribution < 1.29 is 9.13 Å². The Kier molecular flexibility index (Phi) is 4.17. The summed E-state index contributed by atoms with van der Waals surface area (Å²) in [5.74, 6) is -0.294. The van der Waals surface area contributed by atoms with Crippen molar-refractivity contribution in [3.8, 4) is 22.3 Å². The number of rotatable bonds is 4. The van der Waals surface area contributed by atoms with Crippen LogP contribution >= 0.6 is 11.3 Å². The summed E-state index contributed by atoms with van der Waals surface area (Å²) < 4.78 is 18.9. The van der Waals surface area contributed by atoms with Crippen LogP contribution < -0.4 is 4.74 Å². The van der Waals surface area contributed by atoms with Gasteiger partial charge >= 0.3 is 0 Å².